The molecule has 8 nitrogen and oxygen atoms in total. The lowest BCUT2D eigenvalue weighted by molar-refractivity contribution is -0.141. The molecule has 3 aromatic rings. The Labute approximate surface area is 131 Å². The van der Waals surface area contributed by atoms with E-state index in [4.69, 9.17) is 0 Å². The van der Waals surface area contributed by atoms with Crippen molar-refractivity contribution in [3.05, 3.63) is 48.5 Å². The number of imidazole rings is 1. The number of hydrogen-bond acceptors (Lipinski definition) is 6. The molecule has 1 N–H and O–H groups in total. The molecule has 0 aliphatic heterocycles. The van der Waals surface area contributed by atoms with Crippen LogP contribution in [0.3, 0.4) is 0 Å². The summed E-state index contributed by atoms with van der Waals surface area (Å²) >= 11 is 0. The molecule has 0 spiro atoms. The fraction of sp³-hybridized carbons (Fsp3) is 0.133. The number of ether oxygens (including phenoxy) is 1. The standard InChI is InChI=1S/C15H13N5O3/c1-23-11(21)7-20-9-18-12-13(16-8-17-14(12)20)19-15(22)10-5-3-2-4-6-10/h2-6,8-9H,7H2,1H3,(H,16,17,19,22). The Bertz CT molecular complexity index is 860. The molecule has 0 saturated carbocycles. The van der Waals surface area contributed by atoms with Crippen LogP contribution in [0.25, 0.3) is 11.2 Å². The Hall–Kier alpha value is -3.29. The van der Waals surface area contributed by atoms with Crippen LogP contribution >= 0.6 is 0 Å². The molecule has 1 amide bonds. The van der Waals surface area contributed by atoms with Crippen molar-refractivity contribution in [2.75, 3.05) is 12.4 Å². The number of aromatic nitrogens is 4. The summed E-state index contributed by atoms with van der Waals surface area (Å²) in [7, 11) is 1.31. The van der Waals surface area contributed by atoms with E-state index in [1.807, 2.05) is 6.07 Å². The van der Waals surface area contributed by atoms with Crippen LogP contribution in [0.4, 0.5) is 5.82 Å². The highest BCUT2D eigenvalue weighted by atomic mass is 16.5. The molecule has 0 radical (unpaired) electrons. The number of nitrogens with one attached hydrogen (secondary N) is 1. The van der Waals surface area contributed by atoms with Crippen molar-refractivity contribution < 1.29 is 14.3 Å². The van der Waals surface area contributed by atoms with E-state index in [-0.39, 0.29) is 18.3 Å². The number of benzene rings is 1. The lowest BCUT2D eigenvalue weighted by atomic mass is 10.2. The first-order valence-electron chi connectivity index (χ1n) is 6.78. The molecule has 2 heterocycles. The molecule has 3 rings (SSSR count). The predicted octanol–water partition coefficient (Wildman–Crippen LogP) is 1.25. The Morgan fingerprint density at radius 3 is 2.70 bits per heavy atom. The number of carbonyl (C=O) groups is 2. The zero-order valence-electron chi connectivity index (χ0n) is 12.3. The van der Waals surface area contributed by atoms with Crippen molar-refractivity contribution in [2.45, 2.75) is 6.54 Å². The number of rotatable bonds is 4. The monoisotopic (exact) mass is 311 g/mol. The van der Waals surface area contributed by atoms with Gasteiger partial charge < -0.3 is 14.6 Å². The van der Waals surface area contributed by atoms with Crippen molar-refractivity contribution in [2.24, 2.45) is 0 Å². The zero-order chi connectivity index (χ0) is 16.2. The first-order valence-corrected chi connectivity index (χ1v) is 6.78. The molecule has 0 bridgehead atoms. The van der Waals surface area contributed by atoms with Crippen LogP contribution in [0.2, 0.25) is 0 Å². The maximum atomic E-state index is 12.2. The van der Waals surface area contributed by atoms with Gasteiger partial charge in [-0.2, -0.15) is 0 Å². The third-order valence-electron chi connectivity index (χ3n) is 3.20. The topological polar surface area (TPSA) is 99.0 Å². The average molecular weight is 311 g/mol. The second kappa shape index (κ2) is 6.22. The van der Waals surface area contributed by atoms with Gasteiger partial charge in [0.05, 0.1) is 13.4 Å². The van der Waals surface area contributed by atoms with Gasteiger partial charge in [-0.1, -0.05) is 18.2 Å². The van der Waals surface area contributed by atoms with Gasteiger partial charge >= 0.3 is 5.97 Å². The van der Waals surface area contributed by atoms with Crippen LogP contribution in [0, 0.1) is 0 Å². The van der Waals surface area contributed by atoms with Gasteiger partial charge in [0.25, 0.3) is 5.91 Å². The molecule has 0 unspecified atom stereocenters. The van der Waals surface area contributed by atoms with Crippen LogP contribution in [0.1, 0.15) is 10.4 Å². The smallest absolute Gasteiger partial charge is 0.325 e. The van der Waals surface area contributed by atoms with Crippen molar-refractivity contribution in [3.63, 3.8) is 0 Å². The van der Waals surface area contributed by atoms with Crippen LogP contribution in [-0.4, -0.2) is 38.5 Å². The molecular formula is C15H13N5O3. The summed E-state index contributed by atoms with van der Waals surface area (Å²) < 4.78 is 6.15. The van der Waals surface area contributed by atoms with E-state index in [0.717, 1.165) is 0 Å². The predicted molar refractivity (Wildman–Crippen MR) is 81.7 cm³/mol. The molecule has 1 aromatic carbocycles. The summed E-state index contributed by atoms with van der Waals surface area (Å²) in [6.07, 6.45) is 2.76. The number of anilines is 1. The second-order valence-electron chi connectivity index (χ2n) is 4.66. The van der Waals surface area contributed by atoms with E-state index in [1.54, 1.807) is 24.3 Å². The largest absolute Gasteiger partial charge is 0.468 e. The molecule has 2 aromatic heterocycles. The van der Waals surface area contributed by atoms with E-state index in [1.165, 1.54) is 24.3 Å². The lowest BCUT2D eigenvalue weighted by Crippen LogP contribution is -2.14. The third-order valence-corrected chi connectivity index (χ3v) is 3.20. The van der Waals surface area contributed by atoms with Gasteiger partial charge in [-0.15, -0.1) is 0 Å². The van der Waals surface area contributed by atoms with E-state index < -0.39 is 5.97 Å². The van der Waals surface area contributed by atoms with E-state index in [0.29, 0.717) is 16.7 Å². The molecule has 8 heteroatoms. The minimum Gasteiger partial charge on any atom is -0.468 e. The van der Waals surface area contributed by atoms with Crippen molar-refractivity contribution >= 4 is 28.9 Å². The number of hydrogen-bond donors (Lipinski definition) is 1. The Kier molecular flexibility index (Phi) is 3.96. The fourth-order valence-electron chi connectivity index (χ4n) is 2.06. The van der Waals surface area contributed by atoms with Crippen molar-refractivity contribution in [1.29, 1.82) is 0 Å². The van der Waals surface area contributed by atoms with E-state index >= 15 is 0 Å². The molecule has 23 heavy (non-hydrogen) atoms. The number of fused-ring (bicyclic) bond motifs is 1. The molecule has 0 aliphatic carbocycles. The highest BCUT2D eigenvalue weighted by molar-refractivity contribution is 6.06. The highest BCUT2D eigenvalue weighted by Crippen LogP contribution is 2.18. The minimum absolute atomic E-state index is 0.0178. The zero-order valence-corrected chi connectivity index (χ0v) is 12.3. The van der Waals surface area contributed by atoms with Crippen molar-refractivity contribution in [3.8, 4) is 0 Å². The number of carbonyl (C=O) groups excluding carboxylic acids is 2. The van der Waals surface area contributed by atoms with E-state index in [2.05, 4.69) is 25.0 Å². The maximum absolute atomic E-state index is 12.2. The third kappa shape index (κ3) is 3.00. The van der Waals surface area contributed by atoms with Crippen LogP contribution in [0.5, 0.6) is 0 Å². The second-order valence-corrected chi connectivity index (χ2v) is 4.66. The maximum Gasteiger partial charge on any atom is 0.325 e. The van der Waals surface area contributed by atoms with Gasteiger partial charge in [0.2, 0.25) is 0 Å². The first kappa shape index (κ1) is 14.6. The number of nitrogens with zero attached hydrogens (tertiary/aromatic N) is 4. The average Bonchev–Trinajstić information content (AvgIpc) is 2.99. The highest BCUT2D eigenvalue weighted by Gasteiger charge is 2.14. The van der Waals surface area contributed by atoms with Crippen LogP contribution in [0.15, 0.2) is 43.0 Å². The fourth-order valence-corrected chi connectivity index (χ4v) is 2.06. The molecule has 116 valence electrons. The van der Waals surface area contributed by atoms with Gasteiger partial charge in [-0.05, 0) is 12.1 Å². The summed E-state index contributed by atoms with van der Waals surface area (Å²) in [6, 6.07) is 8.77. The molecule has 0 atom stereocenters. The minimum atomic E-state index is -0.419. The van der Waals surface area contributed by atoms with Gasteiger partial charge in [0.15, 0.2) is 17.0 Å². The SMILES string of the molecule is COC(=O)Cn1cnc2c(NC(=O)c3ccccc3)ncnc21. The lowest BCUT2D eigenvalue weighted by Gasteiger charge is -2.05. The number of methoxy groups -OCH3 is 1. The quantitative estimate of drug-likeness (QED) is 0.728. The molecular weight excluding hydrogens is 298 g/mol. The summed E-state index contributed by atoms with van der Waals surface area (Å²) in [5.74, 6) is -0.432. The Balaban J connectivity index is 1.90. The van der Waals surface area contributed by atoms with Gasteiger partial charge in [0, 0.05) is 5.56 Å². The van der Waals surface area contributed by atoms with Gasteiger partial charge in [-0.25, -0.2) is 15.0 Å². The summed E-state index contributed by atoms with van der Waals surface area (Å²) in [5, 5.41) is 2.70. The van der Waals surface area contributed by atoms with Gasteiger partial charge in [-0.3, -0.25) is 9.59 Å². The summed E-state index contributed by atoms with van der Waals surface area (Å²) in [5.41, 5.74) is 1.35. The first-order chi connectivity index (χ1) is 11.2. The summed E-state index contributed by atoms with van der Waals surface area (Å²) in [4.78, 5) is 35.9. The van der Waals surface area contributed by atoms with Gasteiger partial charge in [0.1, 0.15) is 12.9 Å². The molecule has 0 aliphatic rings. The summed E-state index contributed by atoms with van der Waals surface area (Å²) in [6.45, 7) is -0.0178. The van der Waals surface area contributed by atoms with Crippen LogP contribution in [-0.2, 0) is 16.1 Å². The van der Waals surface area contributed by atoms with Crippen molar-refractivity contribution in [1.82, 2.24) is 19.5 Å². The Morgan fingerprint density at radius 1 is 1.17 bits per heavy atom. The number of esters is 1. The van der Waals surface area contributed by atoms with E-state index in [9.17, 15) is 9.59 Å². The Morgan fingerprint density at radius 2 is 1.96 bits per heavy atom. The molecule has 0 fully saturated rings. The number of amides is 1. The van der Waals surface area contributed by atoms with Crippen LogP contribution < -0.4 is 5.32 Å². The normalized spacial score (nSPS) is 10.5. The molecule has 0 saturated heterocycles.